The summed E-state index contributed by atoms with van der Waals surface area (Å²) in [5, 5.41) is 0. The van der Waals surface area contributed by atoms with Gasteiger partial charge in [0.1, 0.15) is 11.5 Å². The maximum Gasteiger partial charge on any atom is 0.332 e. The third-order valence-electron chi connectivity index (χ3n) is 5.69. The SMILES string of the molecule is C[C@H]1CN(c2ccc(Oc3ccccc3)cc2)c2nc3c(c(=O)n(C)c(=O)n3C)n2C1. The summed E-state index contributed by atoms with van der Waals surface area (Å²) in [7, 11) is 3.14. The van der Waals surface area contributed by atoms with Gasteiger partial charge in [-0.05, 0) is 42.3 Å². The van der Waals surface area contributed by atoms with Gasteiger partial charge in [-0.25, -0.2) is 4.79 Å². The molecule has 158 valence electrons. The average Bonchev–Trinajstić information content (AvgIpc) is 3.16. The van der Waals surface area contributed by atoms with Crippen molar-refractivity contribution in [1.82, 2.24) is 18.7 Å². The molecule has 0 saturated heterocycles. The van der Waals surface area contributed by atoms with E-state index in [9.17, 15) is 9.59 Å². The van der Waals surface area contributed by atoms with Crippen LogP contribution in [0.15, 0.2) is 64.2 Å². The van der Waals surface area contributed by atoms with E-state index >= 15 is 0 Å². The van der Waals surface area contributed by atoms with Gasteiger partial charge >= 0.3 is 5.69 Å². The first-order valence-electron chi connectivity index (χ1n) is 10.2. The Morgan fingerprint density at radius 1 is 0.903 bits per heavy atom. The largest absolute Gasteiger partial charge is 0.457 e. The number of fused-ring (bicyclic) bond motifs is 3. The quantitative estimate of drug-likeness (QED) is 0.512. The average molecular weight is 417 g/mol. The van der Waals surface area contributed by atoms with Crippen LogP contribution >= 0.6 is 0 Å². The zero-order valence-corrected chi connectivity index (χ0v) is 17.6. The molecule has 4 aromatic rings. The fraction of sp³-hybridized carbons (Fsp3) is 0.261. The highest BCUT2D eigenvalue weighted by atomic mass is 16.5. The van der Waals surface area contributed by atoms with Crippen LogP contribution in [0.5, 0.6) is 11.5 Å². The first kappa shape index (κ1) is 19.2. The number of aryl methyl sites for hydroxylation is 1. The lowest BCUT2D eigenvalue weighted by atomic mass is 10.1. The van der Waals surface area contributed by atoms with Gasteiger partial charge in [-0.2, -0.15) is 4.98 Å². The zero-order valence-electron chi connectivity index (χ0n) is 17.6. The van der Waals surface area contributed by atoms with E-state index in [1.165, 1.54) is 11.6 Å². The number of para-hydroxylation sites is 1. The Hall–Kier alpha value is -3.81. The summed E-state index contributed by atoms with van der Waals surface area (Å²) in [6.45, 7) is 3.57. The Morgan fingerprint density at radius 3 is 2.29 bits per heavy atom. The van der Waals surface area contributed by atoms with Crippen molar-refractivity contribution in [2.24, 2.45) is 20.0 Å². The van der Waals surface area contributed by atoms with Crippen molar-refractivity contribution >= 4 is 22.8 Å². The van der Waals surface area contributed by atoms with Crippen LogP contribution in [0.25, 0.3) is 11.2 Å². The number of aromatic nitrogens is 4. The van der Waals surface area contributed by atoms with Crippen LogP contribution < -0.4 is 20.9 Å². The van der Waals surface area contributed by atoms with Gasteiger partial charge < -0.3 is 14.2 Å². The Kier molecular flexibility index (Phi) is 4.43. The second-order valence-electron chi connectivity index (χ2n) is 8.03. The van der Waals surface area contributed by atoms with Gasteiger partial charge in [-0.1, -0.05) is 25.1 Å². The van der Waals surface area contributed by atoms with Gasteiger partial charge in [0.25, 0.3) is 5.56 Å². The van der Waals surface area contributed by atoms with Gasteiger partial charge in [-0.15, -0.1) is 0 Å². The summed E-state index contributed by atoms with van der Waals surface area (Å²) < 4.78 is 10.4. The van der Waals surface area contributed by atoms with Crippen molar-refractivity contribution in [3.63, 3.8) is 0 Å². The lowest BCUT2D eigenvalue weighted by Gasteiger charge is -2.33. The predicted molar refractivity (Wildman–Crippen MR) is 119 cm³/mol. The summed E-state index contributed by atoms with van der Waals surface area (Å²) in [4.78, 5) is 32.0. The van der Waals surface area contributed by atoms with Gasteiger partial charge in [0.2, 0.25) is 5.95 Å². The van der Waals surface area contributed by atoms with Crippen LogP contribution in [0, 0.1) is 5.92 Å². The fourth-order valence-electron chi connectivity index (χ4n) is 4.12. The molecule has 5 rings (SSSR count). The monoisotopic (exact) mass is 417 g/mol. The van der Waals surface area contributed by atoms with Crippen molar-refractivity contribution in [2.75, 3.05) is 11.4 Å². The number of anilines is 2. The number of rotatable bonds is 3. The van der Waals surface area contributed by atoms with E-state index in [1.54, 1.807) is 7.05 Å². The molecule has 1 aliphatic heterocycles. The van der Waals surface area contributed by atoms with E-state index in [1.807, 2.05) is 59.2 Å². The van der Waals surface area contributed by atoms with Crippen LogP contribution in [-0.4, -0.2) is 25.2 Å². The van der Waals surface area contributed by atoms with Crippen LogP contribution in [0.1, 0.15) is 6.92 Å². The molecule has 0 amide bonds. The lowest BCUT2D eigenvalue weighted by molar-refractivity contribution is 0.457. The molecule has 0 bridgehead atoms. The van der Waals surface area contributed by atoms with E-state index < -0.39 is 0 Å². The molecule has 0 fully saturated rings. The third kappa shape index (κ3) is 3.11. The molecule has 0 N–H and O–H groups in total. The number of benzene rings is 2. The van der Waals surface area contributed by atoms with Crippen molar-refractivity contribution < 1.29 is 4.74 Å². The maximum atomic E-state index is 12.9. The molecule has 0 aliphatic carbocycles. The molecule has 1 atom stereocenters. The molecule has 0 radical (unpaired) electrons. The van der Waals surface area contributed by atoms with Crippen LogP contribution in [-0.2, 0) is 20.6 Å². The topological polar surface area (TPSA) is 74.3 Å². The van der Waals surface area contributed by atoms with E-state index in [2.05, 4.69) is 11.8 Å². The normalized spacial score (nSPS) is 15.8. The predicted octanol–water partition coefficient (Wildman–Crippen LogP) is 3.01. The van der Waals surface area contributed by atoms with Crippen molar-refractivity contribution in [3.05, 3.63) is 75.4 Å². The minimum Gasteiger partial charge on any atom is -0.457 e. The van der Waals surface area contributed by atoms with E-state index in [0.717, 1.165) is 28.3 Å². The Labute approximate surface area is 178 Å². The van der Waals surface area contributed by atoms with Crippen LogP contribution in [0.4, 0.5) is 11.6 Å². The number of hydrogen-bond donors (Lipinski definition) is 0. The maximum absolute atomic E-state index is 12.9. The minimum atomic E-state index is -0.380. The molecule has 0 spiro atoms. The standard InChI is InChI=1S/C23H23N5O3/c1-15-13-27(16-9-11-18(12-10-16)31-17-7-5-4-6-8-17)22-24-20-19(28(22)14-15)21(29)26(3)23(30)25(20)2/h4-12,15H,13-14H2,1-3H3/t15-/m0/s1. The lowest BCUT2D eigenvalue weighted by Crippen LogP contribution is -2.38. The molecule has 31 heavy (non-hydrogen) atoms. The molecular weight excluding hydrogens is 394 g/mol. The second kappa shape index (κ2) is 7.16. The Morgan fingerprint density at radius 2 is 1.58 bits per heavy atom. The van der Waals surface area contributed by atoms with E-state index in [0.29, 0.717) is 29.6 Å². The smallest absolute Gasteiger partial charge is 0.332 e. The first-order valence-corrected chi connectivity index (χ1v) is 10.2. The first-order chi connectivity index (χ1) is 14.9. The molecule has 3 heterocycles. The minimum absolute atomic E-state index is 0.298. The Bertz CT molecular complexity index is 1380. The molecule has 8 heteroatoms. The summed E-state index contributed by atoms with van der Waals surface area (Å²) >= 11 is 0. The molecule has 1 aliphatic rings. The van der Waals surface area contributed by atoms with Gasteiger partial charge in [-0.3, -0.25) is 13.9 Å². The summed E-state index contributed by atoms with van der Waals surface area (Å²) in [5.41, 5.74) is 1.12. The van der Waals surface area contributed by atoms with E-state index in [-0.39, 0.29) is 11.2 Å². The van der Waals surface area contributed by atoms with Crippen LogP contribution in [0.2, 0.25) is 0 Å². The Balaban J connectivity index is 1.58. The zero-order chi connectivity index (χ0) is 21.7. The van der Waals surface area contributed by atoms with Gasteiger partial charge in [0.05, 0.1) is 0 Å². The van der Waals surface area contributed by atoms with Gasteiger partial charge in [0.15, 0.2) is 11.2 Å². The second-order valence-corrected chi connectivity index (χ2v) is 8.03. The molecular formula is C23H23N5O3. The molecule has 0 saturated carbocycles. The van der Waals surface area contributed by atoms with Gasteiger partial charge in [0, 0.05) is 32.9 Å². The number of nitrogens with zero attached hydrogens (tertiary/aromatic N) is 5. The summed E-state index contributed by atoms with van der Waals surface area (Å²) in [5.74, 6) is 2.49. The number of imidazole rings is 1. The highest BCUT2D eigenvalue weighted by Crippen LogP contribution is 2.34. The van der Waals surface area contributed by atoms with Crippen molar-refractivity contribution in [3.8, 4) is 11.5 Å². The van der Waals surface area contributed by atoms with Crippen molar-refractivity contribution in [1.29, 1.82) is 0 Å². The highest BCUT2D eigenvalue weighted by Gasteiger charge is 2.29. The van der Waals surface area contributed by atoms with Crippen molar-refractivity contribution in [2.45, 2.75) is 13.5 Å². The molecule has 8 nitrogen and oxygen atoms in total. The summed E-state index contributed by atoms with van der Waals surface area (Å²) in [6.07, 6.45) is 0. The summed E-state index contributed by atoms with van der Waals surface area (Å²) in [6, 6.07) is 17.4. The third-order valence-corrected chi connectivity index (χ3v) is 5.69. The molecule has 2 aromatic carbocycles. The molecule has 0 unspecified atom stereocenters. The highest BCUT2D eigenvalue weighted by molar-refractivity contribution is 5.77. The number of ether oxygens (including phenoxy) is 1. The van der Waals surface area contributed by atoms with Crippen LogP contribution in [0.3, 0.4) is 0 Å². The fourth-order valence-corrected chi connectivity index (χ4v) is 4.12. The van der Waals surface area contributed by atoms with E-state index in [4.69, 9.17) is 9.72 Å². The molecule has 2 aromatic heterocycles. The number of hydrogen-bond acceptors (Lipinski definition) is 5.